The summed E-state index contributed by atoms with van der Waals surface area (Å²) in [5.74, 6) is -1.80. The number of alkyl halides is 3. The van der Waals surface area contributed by atoms with E-state index in [1.54, 1.807) is 0 Å². The second kappa shape index (κ2) is 5.77. The summed E-state index contributed by atoms with van der Waals surface area (Å²) >= 11 is 0. The summed E-state index contributed by atoms with van der Waals surface area (Å²) in [6.45, 7) is 4.06. The van der Waals surface area contributed by atoms with Gasteiger partial charge in [0.15, 0.2) is 0 Å². The second-order valence-corrected chi connectivity index (χ2v) is 5.32. The molecule has 5 nitrogen and oxygen atoms in total. The average Bonchev–Trinajstić information content (AvgIpc) is 2.13. The minimum absolute atomic E-state index is 0.529. The van der Waals surface area contributed by atoms with E-state index >= 15 is 0 Å². The van der Waals surface area contributed by atoms with Crippen LogP contribution in [0.1, 0.15) is 27.7 Å². The highest BCUT2D eigenvalue weighted by Crippen LogP contribution is 2.30. The molecule has 0 saturated carbocycles. The van der Waals surface area contributed by atoms with E-state index in [4.69, 9.17) is 5.11 Å². The molecular weight excluding hydrogens is 265 g/mol. The number of amides is 1. The Hall–Kier alpha value is -1.31. The molecule has 0 aromatic rings. The summed E-state index contributed by atoms with van der Waals surface area (Å²) in [5, 5.41) is 13.4. The Morgan fingerprint density at radius 2 is 1.58 bits per heavy atom. The van der Waals surface area contributed by atoms with Gasteiger partial charge in [-0.1, -0.05) is 0 Å². The molecule has 0 heterocycles. The van der Waals surface area contributed by atoms with Gasteiger partial charge in [0, 0.05) is 0 Å². The summed E-state index contributed by atoms with van der Waals surface area (Å²) < 4.78 is 35.6. The van der Waals surface area contributed by atoms with Crippen LogP contribution in [-0.4, -0.2) is 41.8 Å². The predicted molar refractivity (Wildman–Crippen MR) is 62.6 cm³/mol. The van der Waals surface area contributed by atoms with E-state index in [0.29, 0.717) is 0 Å². The van der Waals surface area contributed by atoms with Crippen molar-refractivity contribution in [1.29, 1.82) is 0 Å². The zero-order chi connectivity index (χ0) is 15.5. The Morgan fingerprint density at radius 3 is 1.95 bits per heavy atom. The molecule has 112 valence electrons. The van der Waals surface area contributed by atoms with Crippen molar-refractivity contribution in [2.45, 2.75) is 39.4 Å². The molecule has 0 rings (SSSR count). The van der Waals surface area contributed by atoms with Gasteiger partial charge in [-0.3, -0.25) is 9.59 Å². The fourth-order valence-corrected chi connectivity index (χ4v) is 1.13. The Labute approximate surface area is 109 Å². The van der Waals surface area contributed by atoms with E-state index in [1.165, 1.54) is 27.7 Å². The summed E-state index contributed by atoms with van der Waals surface area (Å²) in [7, 11) is 0. The molecule has 0 aliphatic rings. The molecule has 0 aliphatic carbocycles. The number of carboxylic acids is 1. The van der Waals surface area contributed by atoms with E-state index < -0.39 is 42.1 Å². The van der Waals surface area contributed by atoms with E-state index in [-0.39, 0.29) is 0 Å². The van der Waals surface area contributed by atoms with Crippen molar-refractivity contribution in [2.75, 3.05) is 13.1 Å². The van der Waals surface area contributed by atoms with Crippen molar-refractivity contribution in [3.63, 3.8) is 0 Å². The van der Waals surface area contributed by atoms with Gasteiger partial charge in [0.2, 0.25) is 5.91 Å². The molecule has 3 N–H and O–H groups in total. The monoisotopic (exact) mass is 284 g/mol. The standard InChI is InChI=1S/C11H19F3N2O3/c1-9(2,8(18)19)10(3,4)16-7(17)5-15-6-11(12,13)14/h15H,5-6H2,1-4H3,(H,16,17)(H,18,19). The molecule has 0 aliphatic heterocycles. The van der Waals surface area contributed by atoms with Crippen molar-refractivity contribution in [3.05, 3.63) is 0 Å². The zero-order valence-corrected chi connectivity index (χ0v) is 11.3. The minimum Gasteiger partial charge on any atom is -0.481 e. The van der Waals surface area contributed by atoms with Crippen molar-refractivity contribution < 1.29 is 27.9 Å². The second-order valence-electron chi connectivity index (χ2n) is 5.32. The summed E-state index contributed by atoms with van der Waals surface area (Å²) in [6, 6.07) is 0. The van der Waals surface area contributed by atoms with E-state index in [9.17, 15) is 22.8 Å². The van der Waals surface area contributed by atoms with Gasteiger partial charge >= 0.3 is 12.1 Å². The fourth-order valence-electron chi connectivity index (χ4n) is 1.13. The van der Waals surface area contributed by atoms with Crippen LogP contribution in [0.25, 0.3) is 0 Å². The first kappa shape index (κ1) is 17.7. The normalized spacial score (nSPS) is 13.2. The third-order valence-electron chi connectivity index (χ3n) is 3.16. The third-order valence-corrected chi connectivity index (χ3v) is 3.16. The van der Waals surface area contributed by atoms with Crippen LogP contribution in [0.15, 0.2) is 0 Å². The molecule has 0 spiro atoms. The lowest BCUT2D eigenvalue weighted by molar-refractivity contribution is -0.151. The molecular formula is C11H19F3N2O3. The first-order valence-electron chi connectivity index (χ1n) is 5.61. The Kier molecular flexibility index (Phi) is 5.37. The van der Waals surface area contributed by atoms with Gasteiger partial charge in [-0.15, -0.1) is 0 Å². The van der Waals surface area contributed by atoms with Gasteiger partial charge in [-0.25, -0.2) is 0 Å². The largest absolute Gasteiger partial charge is 0.481 e. The molecule has 0 fully saturated rings. The minimum atomic E-state index is -4.39. The highest BCUT2D eigenvalue weighted by Gasteiger charge is 2.44. The van der Waals surface area contributed by atoms with Gasteiger partial charge in [-0.2, -0.15) is 13.2 Å². The van der Waals surface area contributed by atoms with Gasteiger partial charge in [-0.05, 0) is 27.7 Å². The number of hydrogen-bond donors (Lipinski definition) is 3. The van der Waals surface area contributed by atoms with Crippen LogP contribution in [0, 0.1) is 5.41 Å². The lowest BCUT2D eigenvalue weighted by atomic mass is 9.74. The van der Waals surface area contributed by atoms with E-state index in [1.807, 2.05) is 5.32 Å². The smallest absolute Gasteiger partial charge is 0.401 e. The average molecular weight is 284 g/mol. The highest BCUT2D eigenvalue weighted by atomic mass is 19.4. The van der Waals surface area contributed by atoms with Crippen LogP contribution in [-0.2, 0) is 9.59 Å². The molecule has 0 atom stereocenters. The molecule has 0 unspecified atom stereocenters. The molecule has 0 saturated heterocycles. The number of aliphatic carboxylic acids is 1. The maximum absolute atomic E-state index is 11.9. The highest BCUT2D eigenvalue weighted by molar-refractivity contribution is 5.81. The van der Waals surface area contributed by atoms with Crippen LogP contribution >= 0.6 is 0 Å². The maximum Gasteiger partial charge on any atom is 0.401 e. The van der Waals surface area contributed by atoms with Crippen LogP contribution in [0.5, 0.6) is 0 Å². The lowest BCUT2D eigenvalue weighted by Gasteiger charge is -2.38. The molecule has 8 heteroatoms. The molecule has 0 aromatic heterocycles. The maximum atomic E-state index is 11.9. The number of carbonyl (C=O) groups is 2. The van der Waals surface area contributed by atoms with Crippen LogP contribution in [0.3, 0.4) is 0 Å². The Bertz CT molecular complexity index is 352. The number of carbonyl (C=O) groups excluding carboxylic acids is 1. The molecule has 19 heavy (non-hydrogen) atoms. The Balaban J connectivity index is 4.44. The van der Waals surface area contributed by atoms with Gasteiger partial charge in [0.1, 0.15) is 0 Å². The SMILES string of the molecule is CC(C)(NC(=O)CNCC(F)(F)F)C(C)(C)C(=O)O. The number of carboxylic acid groups (broad SMARTS) is 1. The summed E-state index contributed by atoms with van der Waals surface area (Å²) in [5.41, 5.74) is -2.36. The number of rotatable bonds is 6. The lowest BCUT2D eigenvalue weighted by Crippen LogP contribution is -2.58. The van der Waals surface area contributed by atoms with Gasteiger partial charge < -0.3 is 15.7 Å². The van der Waals surface area contributed by atoms with E-state index in [2.05, 4.69) is 5.32 Å². The first-order chi connectivity index (χ1) is 8.29. The third kappa shape index (κ3) is 5.46. The van der Waals surface area contributed by atoms with Crippen LogP contribution < -0.4 is 10.6 Å². The van der Waals surface area contributed by atoms with Crippen molar-refractivity contribution in [2.24, 2.45) is 5.41 Å². The van der Waals surface area contributed by atoms with Crippen molar-refractivity contribution >= 4 is 11.9 Å². The zero-order valence-electron chi connectivity index (χ0n) is 11.3. The van der Waals surface area contributed by atoms with Gasteiger partial charge in [0.25, 0.3) is 0 Å². The van der Waals surface area contributed by atoms with Crippen molar-refractivity contribution in [1.82, 2.24) is 10.6 Å². The topological polar surface area (TPSA) is 78.4 Å². The van der Waals surface area contributed by atoms with Crippen LogP contribution in [0.2, 0.25) is 0 Å². The molecule has 0 aromatic carbocycles. The summed E-state index contributed by atoms with van der Waals surface area (Å²) in [4.78, 5) is 22.6. The number of halogens is 3. The van der Waals surface area contributed by atoms with Crippen LogP contribution in [0.4, 0.5) is 13.2 Å². The quantitative estimate of drug-likeness (QED) is 0.683. The molecule has 1 amide bonds. The number of nitrogens with one attached hydrogen (secondary N) is 2. The van der Waals surface area contributed by atoms with Gasteiger partial charge in [0.05, 0.1) is 24.0 Å². The summed E-state index contributed by atoms with van der Waals surface area (Å²) in [6.07, 6.45) is -4.39. The van der Waals surface area contributed by atoms with E-state index in [0.717, 1.165) is 0 Å². The van der Waals surface area contributed by atoms with Crippen molar-refractivity contribution in [3.8, 4) is 0 Å². The predicted octanol–water partition coefficient (Wildman–Crippen LogP) is 1.14. The Morgan fingerprint density at radius 1 is 1.11 bits per heavy atom. The fraction of sp³-hybridized carbons (Fsp3) is 0.818. The molecule has 0 radical (unpaired) electrons. The molecule has 0 bridgehead atoms. The first-order valence-corrected chi connectivity index (χ1v) is 5.61. The number of hydrogen-bond acceptors (Lipinski definition) is 3.